The smallest absolute Gasteiger partial charge is 0.310 e. The number of fused-ring (bicyclic) bond motifs is 4. The number of hydrogen-bond acceptors (Lipinski definition) is 6. The van der Waals surface area contributed by atoms with Crippen LogP contribution in [0.25, 0.3) is 0 Å². The monoisotopic (exact) mass is 476 g/mol. The van der Waals surface area contributed by atoms with E-state index in [9.17, 15) is 19.5 Å². The highest BCUT2D eigenvalue weighted by Gasteiger charge is 2.74. The Morgan fingerprint density at radius 2 is 1.89 bits per heavy atom. The van der Waals surface area contributed by atoms with Crippen LogP contribution in [0, 0.1) is 11.8 Å². The molecule has 4 heterocycles. The van der Waals surface area contributed by atoms with E-state index in [1.165, 1.54) is 0 Å². The van der Waals surface area contributed by atoms with Crippen molar-refractivity contribution < 1.29 is 33.7 Å². The van der Waals surface area contributed by atoms with Crippen molar-refractivity contribution in [1.82, 2.24) is 4.90 Å². The highest BCUT2D eigenvalue weighted by atomic mass is 16.5. The number of carboxylic acid groups (broad SMARTS) is 1. The number of carbonyl (C=O) groups is 3. The number of rotatable bonds is 6. The molecule has 2 saturated heterocycles. The predicted molar refractivity (Wildman–Crippen MR) is 123 cm³/mol. The number of benzene rings is 2. The van der Waals surface area contributed by atoms with E-state index in [2.05, 4.69) is 0 Å². The number of carbonyl (C=O) groups excluding carboxylic acids is 2. The molecular weight excluding hydrogens is 452 g/mol. The average Bonchev–Trinajstić information content (AvgIpc) is 3.52. The fourth-order valence-corrected chi connectivity index (χ4v) is 6.08. The lowest BCUT2D eigenvalue weighted by molar-refractivity contribution is -0.146. The third-order valence-corrected chi connectivity index (χ3v) is 7.56. The lowest BCUT2D eigenvalue weighted by Crippen LogP contribution is -2.61. The highest BCUT2D eigenvalue weighted by molar-refractivity contribution is 6.12. The maximum atomic E-state index is 13.7. The zero-order chi connectivity index (χ0) is 24.5. The molecule has 2 bridgehead atoms. The van der Waals surface area contributed by atoms with Gasteiger partial charge in [0.2, 0.25) is 5.91 Å². The molecule has 2 aromatic rings. The fraction of sp³-hybridized carbons (Fsp3) is 0.346. The van der Waals surface area contributed by atoms with E-state index in [1.54, 1.807) is 60.4 Å². The van der Waals surface area contributed by atoms with Crippen molar-refractivity contribution in [2.24, 2.45) is 11.8 Å². The van der Waals surface area contributed by atoms with Gasteiger partial charge in [-0.1, -0.05) is 24.3 Å². The van der Waals surface area contributed by atoms with Crippen LogP contribution in [0.3, 0.4) is 0 Å². The topological polar surface area (TPSA) is 106 Å². The van der Waals surface area contributed by atoms with E-state index in [-0.39, 0.29) is 11.8 Å². The number of nitrogens with zero attached hydrogens (tertiary/aromatic N) is 2. The molecule has 2 amide bonds. The summed E-state index contributed by atoms with van der Waals surface area (Å²) >= 11 is 0. The van der Waals surface area contributed by atoms with Crippen molar-refractivity contribution in [2.75, 3.05) is 25.7 Å². The Morgan fingerprint density at radius 3 is 2.63 bits per heavy atom. The van der Waals surface area contributed by atoms with E-state index < -0.39 is 35.7 Å². The predicted octanol–water partition coefficient (Wildman–Crippen LogP) is 2.10. The van der Waals surface area contributed by atoms with Gasteiger partial charge in [-0.3, -0.25) is 19.3 Å². The van der Waals surface area contributed by atoms with Crippen LogP contribution >= 0.6 is 0 Å². The minimum Gasteiger partial charge on any atom is -0.493 e. The van der Waals surface area contributed by atoms with Gasteiger partial charge < -0.3 is 24.2 Å². The molecule has 1 N–H and O–H groups in total. The highest BCUT2D eigenvalue weighted by Crippen LogP contribution is 2.58. The third-order valence-electron chi connectivity index (χ3n) is 7.56. The van der Waals surface area contributed by atoms with E-state index in [1.807, 2.05) is 18.2 Å². The number of amides is 2. The molecule has 6 rings (SSSR count). The molecule has 4 aliphatic rings. The molecule has 0 radical (unpaired) electrons. The van der Waals surface area contributed by atoms with Gasteiger partial charge in [0.15, 0.2) is 11.5 Å². The number of methoxy groups -OCH3 is 2. The number of ether oxygens (including phenoxy) is 3. The molecule has 2 fully saturated rings. The van der Waals surface area contributed by atoms with Gasteiger partial charge >= 0.3 is 5.97 Å². The summed E-state index contributed by atoms with van der Waals surface area (Å²) in [6.45, 7) is 0.297. The largest absolute Gasteiger partial charge is 0.493 e. The van der Waals surface area contributed by atoms with Gasteiger partial charge in [-0.15, -0.1) is 0 Å². The van der Waals surface area contributed by atoms with Crippen LogP contribution in [-0.4, -0.2) is 66.4 Å². The first-order chi connectivity index (χ1) is 16.9. The Hall–Kier alpha value is -3.85. The quantitative estimate of drug-likeness (QED) is 0.637. The second-order valence-electron chi connectivity index (χ2n) is 9.17. The normalized spacial score (nSPS) is 29.8. The second-order valence-corrected chi connectivity index (χ2v) is 9.17. The number of hydrogen-bond donors (Lipinski definition) is 1. The van der Waals surface area contributed by atoms with Crippen LogP contribution in [0.2, 0.25) is 0 Å². The van der Waals surface area contributed by atoms with E-state index in [4.69, 9.17) is 14.2 Å². The molecule has 9 nitrogen and oxygen atoms in total. The molecule has 0 aliphatic carbocycles. The Kier molecular flexibility index (Phi) is 4.69. The maximum Gasteiger partial charge on any atom is 0.310 e. The van der Waals surface area contributed by atoms with Gasteiger partial charge in [0.1, 0.15) is 17.7 Å². The summed E-state index contributed by atoms with van der Waals surface area (Å²) in [5.41, 5.74) is 0.621. The molecule has 9 heteroatoms. The summed E-state index contributed by atoms with van der Waals surface area (Å²) in [7, 11) is 3.13. The van der Waals surface area contributed by atoms with Crippen LogP contribution in [0.5, 0.6) is 11.5 Å². The van der Waals surface area contributed by atoms with Crippen molar-refractivity contribution in [3.8, 4) is 11.5 Å². The van der Waals surface area contributed by atoms with Gasteiger partial charge in [-0.2, -0.15) is 0 Å². The first-order valence-electron chi connectivity index (χ1n) is 11.4. The van der Waals surface area contributed by atoms with Crippen molar-refractivity contribution >= 4 is 23.5 Å². The Bertz CT molecular complexity index is 1290. The third kappa shape index (κ3) is 2.81. The molecule has 5 atom stereocenters. The molecule has 0 unspecified atom stereocenters. The van der Waals surface area contributed by atoms with E-state index in [0.29, 0.717) is 35.7 Å². The summed E-state index contributed by atoms with van der Waals surface area (Å²) in [6.07, 6.45) is 2.53. The molecule has 35 heavy (non-hydrogen) atoms. The van der Waals surface area contributed by atoms with Crippen LogP contribution in [-0.2, 0) is 20.7 Å². The van der Waals surface area contributed by atoms with Crippen LogP contribution < -0.4 is 14.4 Å². The first kappa shape index (κ1) is 21.7. The number of carboxylic acids is 1. The lowest BCUT2D eigenvalue weighted by Gasteiger charge is -2.45. The van der Waals surface area contributed by atoms with E-state index >= 15 is 0 Å². The molecule has 0 aromatic heterocycles. The summed E-state index contributed by atoms with van der Waals surface area (Å²) in [5, 5.41) is 9.90. The Morgan fingerprint density at radius 1 is 1.11 bits per heavy atom. The minimum absolute atomic E-state index is 0.218. The standard InChI is InChI=1S/C26H24N2O7/c1-33-17-8-7-14(13-19(17)34-2)10-12-27-22(29)15-5-3-4-6-16(15)28-23(30)21-20(24(31)32)18-9-11-26(21,35-18)25(27)28/h3-9,11,13,18,20-21,25H,10,12H2,1-2H3,(H,31,32)/t18-,20-,21+,25-,26+/m0/s1. The average molecular weight is 476 g/mol. The minimum atomic E-state index is -1.20. The maximum absolute atomic E-state index is 13.7. The first-order valence-corrected chi connectivity index (χ1v) is 11.4. The van der Waals surface area contributed by atoms with Gasteiger partial charge in [0.05, 0.1) is 37.5 Å². The van der Waals surface area contributed by atoms with Gasteiger partial charge in [0, 0.05) is 6.54 Å². The molecule has 180 valence electrons. The lowest BCUT2D eigenvalue weighted by atomic mass is 9.76. The van der Waals surface area contributed by atoms with Gasteiger partial charge in [0.25, 0.3) is 5.91 Å². The SMILES string of the molecule is COc1ccc(CCN2C(=O)c3ccccc3N3C(=O)[C@H]4[C@@H](C(=O)O)[C@@H]5C=C[C@]4(O5)[C@@H]23)cc1OC. The molecule has 1 spiro atoms. The summed E-state index contributed by atoms with van der Waals surface area (Å²) < 4.78 is 16.9. The number of para-hydroxylation sites is 1. The van der Waals surface area contributed by atoms with Gasteiger partial charge in [-0.05, 0) is 42.3 Å². The van der Waals surface area contributed by atoms with Crippen LogP contribution in [0.1, 0.15) is 15.9 Å². The van der Waals surface area contributed by atoms with E-state index in [0.717, 1.165) is 5.56 Å². The Labute approximate surface area is 201 Å². The molecule has 2 aromatic carbocycles. The van der Waals surface area contributed by atoms with Crippen LogP contribution in [0.4, 0.5) is 5.69 Å². The number of anilines is 1. The van der Waals surface area contributed by atoms with Gasteiger partial charge in [-0.25, -0.2) is 0 Å². The molecule has 4 aliphatic heterocycles. The fourth-order valence-electron chi connectivity index (χ4n) is 6.08. The van der Waals surface area contributed by atoms with Crippen molar-refractivity contribution in [2.45, 2.75) is 24.3 Å². The summed E-state index contributed by atoms with van der Waals surface area (Å²) in [5.74, 6) is -2.32. The molecule has 0 saturated carbocycles. The summed E-state index contributed by atoms with van der Waals surface area (Å²) in [6, 6.07) is 12.5. The Balaban J connectivity index is 1.41. The zero-order valence-electron chi connectivity index (χ0n) is 19.2. The van der Waals surface area contributed by atoms with Crippen molar-refractivity contribution in [3.05, 3.63) is 65.7 Å². The van der Waals surface area contributed by atoms with Crippen molar-refractivity contribution in [1.29, 1.82) is 0 Å². The van der Waals surface area contributed by atoms with Crippen LogP contribution in [0.15, 0.2) is 54.6 Å². The zero-order valence-corrected chi connectivity index (χ0v) is 19.2. The van der Waals surface area contributed by atoms with Crippen molar-refractivity contribution in [3.63, 3.8) is 0 Å². The second kappa shape index (κ2) is 7.58. The number of aliphatic carboxylic acids is 1. The molecular formula is C26H24N2O7. The summed E-state index contributed by atoms with van der Waals surface area (Å²) in [4.78, 5) is 42.8.